The first kappa shape index (κ1) is 19.1. The fourth-order valence-electron chi connectivity index (χ4n) is 3.65. The zero-order chi connectivity index (χ0) is 20.5. The number of para-hydroxylation sites is 1. The lowest BCUT2D eigenvalue weighted by Crippen LogP contribution is -2.16. The molecule has 1 aromatic carbocycles. The number of carbonyl (C=O) groups excluding carboxylic acids is 1. The summed E-state index contributed by atoms with van der Waals surface area (Å²) < 4.78 is 1.71. The van der Waals surface area contributed by atoms with Gasteiger partial charge in [0.25, 0.3) is 5.56 Å². The van der Waals surface area contributed by atoms with Crippen LogP contribution in [0.25, 0.3) is 15.9 Å². The average Bonchev–Trinajstić information content (AvgIpc) is 3.44. The van der Waals surface area contributed by atoms with E-state index in [4.69, 9.17) is 0 Å². The number of amides is 1. The monoisotopic (exact) mass is 437 g/mol. The second-order valence-electron chi connectivity index (χ2n) is 7.07. The Morgan fingerprint density at radius 1 is 1.23 bits per heavy atom. The van der Waals surface area contributed by atoms with Crippen molar-refractivity contribution in [2.75, 3.05) is 11.1 Å². The maximum atomic E-state index is 12.5. The summed E-state index contributed by atoms with van der Waals surface area (Å²) in [7, 11) is 0. The summed E-state index contributed by atoms with van der Waals surface area (Å²) in [5.74, 6) is 1.70. The lowest BCUT2D eigenvalue weighted by atomic mass is 10.2. The van der Waals surface area contributed by atoms with Gasteiger partial charge in [0, 0.05) is 17.1 Å². The van der Waals surface area contributed by atoms with Gasteiger partial charge in [0.05, 0.1) is 22.6 Å². The lowest BCUT2D eigenvalue weighted by Gasteiger charge is -2.03. The number of thioether (sulfide) groups is 1. The number of H-pyrrole nitrogens is 1. The maximum Gasteiger partial charge on any atom is 0.259 e. The number of fused-ring (bicyclic) bond motifs is 3. The molecular formula is C21H19N5O2S2. The van der Waals surface area contributed by atoms with E-state index < -0.39 is 0 Å². The summed E-state index contributed by atoms with van der Waals surface area (Å²) in [6.45, 7) is 0. The number of aryl methyl sites for hydroxylation is 2. The van der Waals surface area contributed by atoms with Crippen LogP contribution in [0.2, 0.25) is 0 Å². The number of thiophene rings is 1. The summed E-state index contributed by atoms with van der Waals surface area (Å²) >= 11 is 3.04. The van der Waals surface area contributed by atoms with Crippen molar-refractivity contribution in [1.29, 1.82) is 0 Å². The van der Waals surface area contributed by atoms with E-state index in [0.717, 1.165) is 35.2 Å². The molecule has 0 spiro atoms. The van der Waals surface area contributed by atoms with E-state index in [1.54, 1.807) is 28.3 Å². The highest BCUT2D eigenvalue weighted by atomic mass is 32.2. The molecule has 2 N–H and O–H groups in total. The zero-order valence-corrected chi connectivity index (χ0v) is 17.7. The largest absolute Gasteiger partial charge is 0.309 e. The van der Waals surface area contributed by atoms with Gasteiger partial charge in [-0.1, -0.05) is 18.2 Å². The highest BCUT2D eigenvalue weighted by Crippen LogP contribution is 2.34. The van der Waals surface area contributed by atoms with E-state index in [1.165, 1.54) is 22.2 Å². The van der Waals surface area contributed by atoms with E-state index >= 15 is 0 Å². The van der Waals surface area contributed by atoms with Gasteiger partial charge in [0.15, 0.2) is 5.82 Å². The van der Waals surface area contributed by atoms with Gasteiger partial charge < -0.3 is 10.3 Å². The number of aromatic nitrogens is 4. The number of anilines is 1. The van der Waals surface area contributed by atoms with Crippen LogP contribution in [0.3, 0.4) is 0 Å². The van der Waals surface area contributed by atoms with Crippen LogP contribution >= 0.6 is 23.1 Å². The van der Waals surface area contributed by atoms with Gasteiger partial charge in [-0.15, -0.1) is 23.1 Å². The third-order valence-electron chi connectivity index (χ3n) is 4.97. The first-order valence-corrected chi connectivity index (χ1v) is 11.7. The molecule has 0 unspecified atom stereocenters. The number of aromatic amines is 1. The molecule has 3 heterocycles. The van der Waals surface area contributed by atoms with Crippen LogP contribution < -0.4 is 10.9 Å². The van der Waals surface area contributed by atoms with Gasteiger partial charge in [-0.3, -0.25) is 9.59 Å². The standard InChI is InChI=1S/C21H19N5O2S2/c27-18(22-16-9-10-26(25-16)13-5-2-1-3-6-13)12-29-11-17-23-20(28)19-14-7-4-8-15(14)30-21(19)24-17/h1-3,5-6,9-10H,4,7-8,11-12H2,(H,22,25,27)(H,23,24,28). The number of carbonyl (C=O) groups is 1. The number of hydrogen-bond donors (Lipinski definition) is 2. The van der Waals surface area contributed by atoms with E-state index in [0.29, 0.717) is 17.4 Å². The molecule has 0 atom stereocenters. The van der Waals surface area contributed by atoms with Gasteiger partial charge in [0.2, 0.25) is 5.91 Å². The molecule has 0 radical (unpaired) electrons. The minimum atomic E-state index is -0.142. The SMILES string of the molecule is O=C(CSCc1nc2sc3c(c2c(=O)[nH]1)CCC3)Nc1ccn(-c2ccccc2)n1. The number of nitrogens with zero attached hydrogens (tertiary/aromatic N) is 3. The average molecular weight is 438 g/mol. The summed E-state index contributed by atoms with van der Waals surface area (Å²) in [5.41, 5.74) is 2.04. The second-order valence-corrected chi connectivity index (χ2v) is 9.14. The molecule has 1 amide bonds. The molecule has 0 bridgehead atoms. The fraction of sp³-hybridized carbons (Fsp3) is 0.238. The first-order chi connectivity index (χ1) is 14.7. The number of benzene rings is 1. The molecule has 1 aliphatic carbocycles. The summed E-state index contributed by atoms with van der Waals surface area (Å²) in [5, 5.41) is 7.93. The second kappa shape index (κ2) is 8.08. The molecule has 0 fully saturated rings. The van der Waals surface area contributed by atoms with Crippen molar-refractivity contribution in [2.45, 2.75) is 25.0 Å². The molecular weight excluding hydrogens is 418 g/mol. The van der Waals surface area contributed by atoms with Crippen molar-refractivity contribution in [3.05, 3.63) is 69.2 Å². The Bertz CT molecular complexity index is 1280. The molecule has 152 valence electrons. The molecule has 30 heavy (non-hydrogen) atoms. The van der Waals surface area contributed by atoms with Crippen LogP contribution in [0, 0.1) is 0 Å². The van der Waals surface area contributed by atoms with Crippen LogP contribution in [0.1, 0.15) is 22.7 Å². The van der Waals surface area contributed by atoms with Crippen molar-refractivity contribution < 1.29 is 4.79 Å². The Morgan fingerprint density at radius 2 is 2.10 bits per heavy atom. The van der Waals surface area contributed by atoms with Crippen LogP contribution in [0.4, 0.5) is 5.82 Å². The molecule has 0 saturated carbocycles. The molecule has 0 aliphatic heterocycles. The van der Waals surface area contributed by atoms with E-state index in [2.05, 4.69) is 20.4 Å². The molecule has 5 rings (SSSR count). The van der Waals surface area contributed by atoms with Crippen LogP contribution in [0.5, 0.6) is 0 Å². The molecule has 1 aliphatic rings. The highest BCUT2D eigenvalue weighted by Gasteiger charge is 2.21. The zero-order valence-electron chi connectivity index (χ0n) is 16.1. The Labute approximate surface area is 180 Å². The number of rotatable bonds is 6. The van der Waals surface area contributed by atoms with Gasteiger partial charge in [-0.25, -0.2) is 9.67 Å². The van der Waals surface area contributed by atoms with Gasteiger partial charge in [0.1, 0.15) is 10.7 Å². The molecule has 0 saturated heterocycles. The molecule has 3 aromatic heterocycles. The minimum absolute atomic E-state index is 0.0640. The minimum Gasteiger partial charge on any atom is -0.309 e. The van der Waals surface area contributed by atoms with Crippen molar-refractivity contribution in [1.82, 2.24) is 19.7 Å². The first-order valence-electron chi connectivity index (χ1n) is 9.69. The predicted molar refractivity (Wildman–Crippen MR) is 121 cm³/mol. The van der Waals surface area contributed by atoms with Crippen LogP contribution in [0.15, 0.2) is 47.4 Å². The third kappa shape index (κ3) is 3.78. The summed E-state index contributed by atoms with van der Waals surface area (Å²) in [6, 6.07) is 11.5. The molecule has 7 nitrogen and oxygen atoms in total. The fourth-order valence-corrected chi connectivity index (χ4v) is 5.62. The number of nitrogens with one attached hydrogen (secondary N) is 2. The van der Waals surface area contributed by atoms with Gasteiger partial charge >= 0.3 is 0 Å². The molecule has 4 aromatic rings. The van der Waals surface area contributed by atoms with E-state index in [-0.39, 0.29) is 17.2 Å². The van der Waals surface area contributed by atoms with E-state index in [1.807, 2.05) is 30.3 Å². The van der Waals surface area contributed by atoms with Crippen molar-refractivity contribution >= 4 is 45.0 Å². The quantitative estimate of drug-likeness (QED) is 0.481. The maximum absolute atomic E-state index is 12.5. The van der Waals surface area contributed by atoms with E-state index in [9.17, 15) is 9.59 Å². The summed E-state index contributed by atoms with van der Waals surface area (Å²) in [4.78, 5) is 34.3. The Balaban J connectivity index is 1.19. The number of hydrogen-bond acceptors (Lipinski definition) is 6. The topological polar surface area (TPSA) is 92.7 Å². The summed E-state index contributed by atoms with van der Waals surface area (Å²) in [6.07, 6.45) is 4.93. The van der Waals surface area contributed by atoms with Crippen molar-refractivity contribution in [2.24, 2.45) is 0 Å². The smallest absolute Gasteiger partial charge is 0.259 e. The van der Waals surface area contributed by atoms with Crippen molar-refractivity contribution in [3.63, 3.8) is 0 Å². The third-order valence-corrected chi connectivity index (χ3v) is 7.10. The highest BCUT2D eigenvalue weighted by molar-refractivity contribution is 7.99. The molecule has 9 heteroatoms. The van der Waals surface area contributed by atoms with Crippen molar-refractivity contribution in [3.8, 4) is 5.69 Å². The predicted octanol–water partition coefficient (Wildman–Crippen LogP) is 3.53. The lowest BCUT2D eigenvalue weighted by molar-refractivity contribution is -0.113. The normalized spacial score (nSPS) is 12.9. The van der Waals surface area contributed by atoms with Gasteiger partial charge in [-0.05, 0) is 37.0 Å². The Kier molecular flexibility index (Phi) is 5.14. The van der Waals surface area contributed by atoms with Crippen LogP contribution in [-0.4, -0.2) is 31.4 Å². The Hall–Kier alpha value is -2.91. The van der Waals surface area contributed by atoms with Crippen LogP contribution in [-0.2, 0) is 23.4 Å². The van der Waals surface area contributed by atoms with Gasteiger partial charge in [-0.2, -0.15) is 5.10 Å². The Morgan fingerprint density at radius 3 is 2.97 bits per heavy atom.